The van der Waals surface area contributed by atoms with Gasteiger partial charge in [0.25, 0.3) is 0 Å². The topological polar surface area (TPSA) is 78.9 Å². The molecule has 5 unspecified atom stereocenters. The number of ether oxygens (including phenoxy) is 3. The zero-order valence-electron chi connectivity index (χ0n) is 18.6. The minimum Gasteiger partial charge on any atom is -0.462 e. The van der Waals surface area contributed by atoms with Crippen molar-refractivity contribution >= 4 is 17.9 Å². The summed E-state index contributed by atoms with van der Waals surface area (Å²) in [6.07, 6.45) is 0.424. The van der Waals surface area contributed by atoms with Gasteiger partial charge in [-0.3, -0.25) is 4.79 Å². The Morgan fingerprint density at radius 2 is 1.44 bits per heavy atom. The first-order chi connectivity index (χ1) is 15.2. The van der Waals surface area contributed by atoms with Crippen LogP contribution in [0.3, 0.4) is 0 Å². The summed E-state index contributed by atoms with van der Waals surface area (Å²) >= 11 is 0. The molecule has 32 heavy (non-hydrogen) atoms. The Labute approximate surface area is 187 Å². The quantitative estimate of drug-likeness (QED) is 0.492. The Bertz CT molecular complexity index is 1000. The average molecular weight is 437 g/mol. The van der Waals surface area contributed by atoms with Crippen LogP contribution in [0.1, 0.15) is 54.3 Å². The fraction of sp³-hybridized carbons (Fsp3) is 0.423. The Morgan fingerprint density at radius 1 is 0.875 bits per heavy atom. The molecule has 2 aliphatic rings. The van der Waals surface area contributed by atoms with E-state index in [4.69, 9.17) is 14.2 Å². The zero-order chi connectivity index (χ0) is 22.9. The molecule has 2 fully saturated rings. The number of carbonyl (C=O) groups is 3. The number of carbonyl (C=O) groups excluding carboxylic acids is 3. The Balaban J connectivity index is 1.55. The van der Waals surface area contributed by atoms with E-state index in [0.717, 1.165) is 0 Å². The van der Waals surface area contributed by atoms with E-state index < -0.39 is 16.8 Å². The average Bonchev–Trinajstić information content (AvgIpc) is 3.12. The second kappa shape index (κ2) is 8.41. The highest BCUT2D eigenvalue weighted by atomic mass is 16.6. The van der Waals surface area contributed by atoms with E-state index >= 15 is 0 Å². The van der Waals surface area contributed by atoms with Crippen LogP contribution in [0.15, 0.2) is 60.7 Å². The minimum absolute atomic E-state index is 0.0893. The number of hydrogen-bond donors (Lipinski definition) is 0. The highest BCUT2D eigenvalue weighted by Crippen LogP contribution is 2.67. The Kier molecular flexibility index (Phi) is 5.80. The second-order valence-electron chi connectivity index (χ2n) is 9.23. The van der Waals surface area contributed by atoms with Gasteiger partial charge in [-0.2, -0.15) is 0 Å². The first kappa shape index (κ1) is 22.1. The van der Waals surface area contributed by atoms with Crippen molar-refractivity contribution in [2.75, 3.05) is 6.61 Å². The Hall–Kier alpha value is -3.15. The summed E-state index contributed by atoms with van der Waals surface area (Å²) in [5.41, 5.74) is -0.0546. The number of esters is 3. The zero-order valence-corrected chi connectivity index (χ0v) is 18.6. The van der Waals surface area contributed by atoms with Crippen LogP contribution in [0.5, 0.6) is 0 Å². The maximum Gasteiger partial charge on any atom is 0.338 e. The van der Waals surface area contributed by atoms with Crippen LogP contribution in [0, 0.1) is 16.7 Å². The van der Waals surface area contributed by atoms with Crippen LogP contribution in [-0.2, 0) is 19.0 Å². The maximum absolute atomic E-state index is 12.7. The molecule has 0 amide bonds. The van der Waals surface area contributed by atoms with Crippen molar-refractivity contribution in [1.29, 1.82) is 0 Å². The minimum atomic E-state index is -0.515. The largest absolute Gasteiger partial charge is 0.462 e. The van der Waals surface area contributed by atoms with Gasteiger partial charge in [-0.15, -0.1) is 0 Å². The van der Waals surface area contributed by atoms with Gasteiger partial charge in [0.05, 0.1) is 17.7 Å². The molecule has 0 aromatic heterocycles. The van der Waals surface area contributed by atoms with Gasteiger partial charge in [-0.25, -0.2) is 9.59 Å². The lowest BCUT2D eigenvalue weighted by molar-refractivity contribution is -0.151. The molecule has 2 aromatic rings. The summed E-state index contributed by atoms with van der Waals surface area (Å²) < 4.78 is 17.3. The molecule has 2 aromatic carbocycles. The van der Waals surface area contributed by atoms with Crippen molar-refractivity contribution in [3.63, 3.8) is 0 Å². The monoisotopic (exact) mass is 436 g/mol. The molecule has 0 aliphatic heterocycles. The number of hydrogen-bond acceptors (Lipinski definition) is 6. The predicted molar refractivity (Wildman–Crippen MR) is 117 cm³/mol. The number of benzene rings is 2. The molecule has 2 aliphatic carbocycles. The van der Waals surface area contributed by atoms with Crippen LogP contribution >= 0.6 is 0 Å². The normalized spacial score (nSPS) is 30.5. The maximum atomic E-state index is 12.7. The van der Waals surface area contributed by atoms with Gasteiger partial charge in [0, 0.05) is 23.7 Å². The van der Waals surface area contributed by atoms with Crippen molar-refractivity contribution in [2.24, 2.45) is 16.7 Å². The van der Waals surface area contributed by atoms with Gasteiger partial charge < -0.3 is 14.2 Å². The second-order valence-corrected chi connectivity index (χ2v) is 9.23. The Morgan fingerprint density at radius 3 is 2.00 bits per heavy atom. The summed E-state index contributed by atoms with van der Waals surface area (Å²) in [4.78, 5) is 37.0. The molecule has 5 atom stereocenters. The highest BCUT2D eigenvalue weighted by Gasteiger charge is 2.70. The van der Waals surface area contributed by atoms with E-state index in [1.165, 1.54) is 6.92 Å². The molecule has 0 N–H and O–H groups in total. The first-order valence-corrected chi connectivity index (χ1v) is 10.9. The molecule has 0 spiro atoms. The molecule has 6 heteroatoms. The van der Waals surface area contributed by atoms with Crippen LogP contribution < -0.4 is 0 Å². The molecule has 168 valence electrons. The number of fused-ring (bicyclic) bond motifs is 2. The lowest BCUT2D eigenvalue weighted by Gasteiger charge is -2.40. The van der Waals surface area contributed by atoms with Crippen LogP contribution in [0.4, 0.5) is 0 Å². The third-order valence-corrected chi connectivity index (χ3v) is 7.46. The van der Waals surface area contributed by atoms with Gasteiger partial charge in [0.15, 0.2) is 0 Å². The van der Waals surface area contributed by atoms with Gasteiger partial charge in [-0.1, -0.05) is 50.2 Å². The summed E-state index contributed by atoms with van der Waals surface area (Å²) in [6.45, 7) is 5.62. The van der Waals surface area contributed by atoms with Gasteiger partial charge in [0.2, 0.25) is 0 Å². The molecular formula is C26H28O6. The fourth-order valence-electron chi connectivity index (χ4n) is 5.46. The standard InChI is InChI=1S/C26H28O6/c1-17(27)31-21-15-25(2)22(32-24(29)19-12-8-5-9-13-19)14-20(21)26(25,3)16-30-23(28)18-10-6-4-7-11-18/h4-13,20-22H,14-16H2,1-3H3. The van der Waals surface area contributed by atoms with E-state index in [1.807, 2.05) is 26.0 Å². The molecule has 6 nitrogen and oxygen atoms in total. The van der Waals surface area contributed by atoms with Crippen LogP contribution in [0.25, 0.3) is 0 Å². The molecule has 2 bridgehead atoms. The van der Waals surface area contributed by atoms with Crippen molar-refractivity contribution in [3.05, 3.63) is 71.8 Å². The SMILES string of the molecule is CC(=O)OC1CC2(C)C(OC(=O)c3ccccc3)CC1C2(C)COC(=O)c1ccccc1. The molecule has 0 heterocycles. The van der Waals surface area contributed by atoms with E-state index in [9.17, 15) is 14.4 Å². The lowest BCUT2D eigenvalue weighted by atomic mass is 9.69. The summed E-state index contributed by atoms with van der Waals surface area (Å²) in [7, 11) is 0. The van der Waals surface area contributed by atoms with Crippen molar-refractivity contribution in [3.8, 4) is 0 Å². The summed E-state index contributed by atoms with van der Waals surface area (Å²) in [5.74, 6) is -1.21. The van der Waals surface area contributed by atoms with Crippen molar-refractivity contribution in [1.82, 2.24) is 0 Å². The highest BCUT2D eigenvalue weighted by molar-refractivity contribution is 5.90. The molecule has 0 radical (unpaired) electrons. The van der Waals surface area contributed by atoms with Crippen molar-refractivity contribution < 1.29 is 28.6 Å². The smallest absolute Gasteiger partial charge is 0.338 e. The molecule has 2 saturated carbocycles. The molecule has 4 rings (SSSR count). The van der Waals surface area contributed by atoms with Gasteiger partial charge >= 0.3 is 17.9 Å². The predicted octanol–water partition coefficient (Wildman–Crippen LogP) is 4.44. The van der Waals surface area contributed by atoms with E-state index in [-0.39, 0.29) is 36.7 Å². The summed E-state index contributed by atoms with van der Waals surface area (Å²) in [6, 6.07) is 17.7. The lowest BCUT2D eigenvalue weighted by Crippen LogP contribution is -2.43. The third kappa shape index (κ3) is 3.78. The van der Waals surface area contributed by atoms with Gasteiger partial charge in [-0.05, 0) is 37.1 Å². The van der Waals surface area contributed by atoms with E-state index in [2.05, 4.69) is 0 Å². The number of rotatable bonds is 6. The first-order valence-electron chi connectivity index (χ1n) is 10.9. The van der Waals surface area contributed by atoms with E-state index in [0.29, 0.717) is 24.0 Å². The van der Waals surface area contributed by atoms with Crippen molar-refractivity contribution in [2.45, 2.75) is 45.8 Å². The summed E-state index contributed by atoms with van der Waals surface area (Å²) in [5, 5.41) is 0. The molecule has 0 saturated heterocycles. The van der Waals surface area contributed by atoms with E-state index in [1.54, 1.807) is 48.5 Å². The van der Waals surface area contributed by atoms with Crippen LogP contribution in [-0.4, -0.2) is 36.7 Å². The van der Waals surface area contributed by atoms with Crippen LogP contribution in [0.2, 0.25) is 0 Å². The fourth-order valence-corrected chi connectivity index (χ4v) is 5.46. The third-order valence-electron chi connectivity index (χ3n) is 7.46. The molecular weight excluding hydrogens is 408 g/mol. The van der Waals surface area contributed by atoms with Gasteiger partial charge in [0.1, 0.15) is 12.2 Å².